The molecule has 2 heterocycles. The molecule has 0 atom stereocenters. The summed E-state index contributed by atoms with van der Waals surface area (Å²) in [5.41, 5.74) is 1.94. The maximum absolute atomic E-state index is 3.95. The van der Waals surface area contributed by atoms with E-state index in [9.17, 15) is 0 Å². The van der Waals surface area contributed by atoms with Gasteiger partial charge in [-0.25, -0.2) is 4.52 Å². The first-order valence-corrected chi connectivity index (χ1v) is 4.33. The van der Waals surface area contributed by atoms with Gasteiger partial charge in [0.2, 0.25) is 0 Å². The van der Waals surface area contributed by atoms with E-state index in [-0.39, 0.29) is 20.1 Å². The van der Waals surface area contributed by atoms with Crippen molar-refractivity contribution in [3.63, 3.8) is 0 Å². The van der Waals surface area contributed by atoms with E-state index in [2.05, 4.69) is 27.7 Å². The Balaban J connectivity index is 0.000000853. The van der Waals surface area contributed by atoms with Crippen molar-refractivity contribution >= 4 is 16.4 Å². The van der Waals surface area contributed by atoms with Crippen molar-refractivity contribution in [1.82, 2.24) is 20.0 Å². The number of hydrogen-bond acceptors (Lipinski definition) is 3. The molecule has 2 aromatic heterocycles. The van der Waals surface area contributed by atoms with Gasteiger partial charge >= 0.3 is 0 Å². The number of rotatable bonds is 0. The van der Waals surface area contributed by atoms with E-state index in [1.807, 2.05) is 25.3 Å². The van der Waals surface area contributed by atoms with Gasteiger partial charge < -0.3 is 0 Å². The number of tetrazole rings is 1. The van der Waals surface area contributed by atoms with Crippen molar-refractivity contribution in [2.45, 2.75) is 6.92 Å². The molecule has 0 aliphatic heterocycles. The smallest absolute Gasteiger partial charge is 0.104 e. The zero-order chi connectivity index (χ0) is 9.54. The zero-order valence-electron chi connectivity index (χ0n) is 7.93. The van der Waals surface area contributed by atoms with Gasteiger partial charge in [-0.05, 0) is 5.21 Å². The summed E-state index contributed by atoms with van der Waals surface area (Å²) < 4.78 is 1.65. The molecule has 3 aromatic rings. The van der Waals surface area contributed by atoms with Crippen LogP contribution in [0.25, 0.3) is 16.4 Å². The van der Waals surface area contributed by atoms with Crippen LogP contribution < -0.4 is 0 Å². The third-order valence-corrected chi connectivity index (χ3v) is 2.23. The molecule has 5 heteroatoms. The molecule has 0 aliphatic rings. The summed E-state index contributed by atoms with van der Waals surface area (Å²) in [6.07, 6.45) is 1.85. The number of nitrogens with zero attached hydrogens (tertiary/aromatic N) is 4. The average molecular weight is 375 g/mol. The van der Waals surface area contributed by atoms with Crippen molar-refractivity contribution in [1.29, 1.82) is 0 Å². The minimum atomic E-state index is 0. The fourth-order valence-electron chi connectivity index (χ4n) is 1.56. The summed E-state index contributed by atoms with van der Waals surface area (Å²) >= 11 is 0. The van der Waals surface area contributed by atoms with Gasteiger partial charge in [-0.3, -0.25) is 0 Å². The monoisotopic (exact) mass is 376 g/mol. The van der Waals surface area contributed by atoms with E-state index in [1.165, 1.54) is 5.56 Å². The van der Waals surface area contributed by atoms with Gasteiger partial charge in [0.25, 0.3) is 0 Å². The molecule has 1 aromatic carbocycles. The fourth-order valence-corrected chi connectivity index (χ4v) is 1.56. The van der Waals surface area contributed by atoms with Gasteiger partial charge in [0.15, 0.2) is 0 Å². The van der Waals surface area contributed by atoms with E-state index < -0.39 is 0 Å². The van der Waals surface area contributed by atoms with Crippen LogP contribution in [-0.2, 0) is 20.1 Å². The molecule has 0 fully saturated rings. The van der Waals surface area contributed by atoms with Gasteiger partial charge in [0, 0.05) is 26.3 Å². The predicted molar refractivity (Wildman–Crippen MR) is 51.9 cm³/mol. The normalized spacial score (nSPS) is 10.5. The number of hydrogen-bond donors (Lipinski definition) is 0. The SMILES string of the molecule is Cc1c[c-]c2c(ccn3nnnc23)c1.[Ir]. The number of fused-ring (bicyclic) bond motifs is 3. The molecule has 0 amide bonds. The summed E-state index contributed by atoms with van der Waals surface area (Å²) in [6.45, 7) is 2.04. The molecule has 0 unspecified atom stereocenters. The van der Waals surface area contributed by atoms with Crippen molar-refractivity contribution < 1.29 is 20.1 Å². The first-order valence-electron chi connectivity index (χ1n) is 4.33. The maximum Gasteiger partial charge on any atom is 0.104 e. The molecule has 3 rings (SSSR count). The van der Waals surface area contributed by atoms with E-state index in [1.54, 1.807) is 4.52 Å². The van der Waals surface area contributed by atoms with Gasteiger partial charge in [-0.2, -0.15) is 5.10 Å². The third-order valence-electron chi connectivity index (χ3n) is 2.23. The van der Waals surface area contributed by atoms with Crippen LogP contribution in [-0.4, -0.2) is 20.0 Å². The average Bonchev–Trinajstić information content (AvgIpc) is 2.65. The summed E-state index contributed by atoms with van der Waals surface area (Å²) in [7, 11) is 0. The largest absolute Gasteiger partial charge is 0.241 e. The molecule has 77 valence electrons. The van der Waals surface area contributed by atoms with Crippen LogP contribution in [0.4, 0.5) is 0 Å². The Labute approximate surface area is 99.6 Å². The molecule has 4 nitrogen and oxygen atoms in total. The Morgan fingerprint density at radius 1 is 1.40 bits per heavy atom. The van der Waals surface area contributed by atoms with Gasteiger partial charge in [0.05, 0.1) is 0 Å². The van der Waals surface area contributed by atoms with Crippen LogP contribution in [0.15, 0.2) is 24.4 Å². The minimum Gasteiger partial charge on any atom is -0.241 e. The summed E-state index contributed by atoms with van der Waals surface area (Å²) in [4.78, 5) is 0. The van der Waals surface area contributed by atoms with E-state index in [4.69, 9.17) is 0 Å². The summed E-state index contributed by atoms with van der Waals surface area (Å²) in [5.74, 6) is 0. The number of aryl methyl sites for hydroxylation is 1. The molecule has 0 aliphatic carbocycles. The molecule has 0 spiro atoms. The summed E-state index contributed by atoms with van der Waals surface area (Å²) in [6, 6.07) is 9.21. The molecule has 0 N–H and O–H groups in total. The first kappa shape index (κ1) is 10.2. The third kappa shape index (κ3) is 1.54. The number of benzene rings is 1. The van der Waals surface area contributed by atoms with E-state index in [0.717, 1.165) is 16.4 Å². The second kappa shape index (κ2) is 3.68. The maximum atomic E-state index is 3.95. The Bertz CT molecular complexity index is 617. The minimum absolute atomic E-state index is 0. The standard InChI is InChI=1S/C10H7N4.Ir/c1-7-2-3-9-8(6-7)4-5-14-10(9)11-12-13-14;/h2,4-6H,1H3;/q-1;. The van der Waals surface area contributed by atoms with Crippen LogP contribution >= 0.6 is 0 Å². The summed E-state index contributed by atoms with van der Waals surface area (Å²) in [5, 5.41) is 13.5. The quantitative estimate of drug-likeness (QED) is 0.558. The van der Waals surface area contributed by atoms with E-state index >= 15 is 0 Å². The Morgan fingerprint density at radius 2 is 2.27 bits per heavy atom. The van der Waals surface area contributed by atoms with Gasteiger partial charge in [-0.15, -0.1) is 29.1 Å². The fraction of sp³-hybridized carbons (Fsp3) is 0.100. The van der Waals surface area contributed by atoms with E-state index in [0.29, 0.717) is 0 Å². The van der Waals surface area contributed by atoms with Crippen molar-refractivity contribution in [2.75, 3.05) is 0 Å². The molecule has 0 saturated heterocycles. The number of aromatic nitrogens is 4. The number of pyridine rings is 1. The molecule has 0 bridgehead atoms. The molecular formula is C10H7IrN4-. The predicted octanol–water partition coefficient (Wildman–Crippen LogP) is 1.38. The Morgan fingerprint density at radius 3 is 3.13 bits per heavy atom. The zero-order valence-corrected chi connectivity index (χ0v) is 10.3. The first-order chi connectivity index (χ1) is 6.84. The Hall–Kier alpha value is -1.32. The van der Waals surface area contributed by atoms with Crippen molar-refractivity contribution in [3.05, 3.63) is 36.0 Å². The van der Waals surface area contributed by atoms with Crippen LogP contribution in [0.2, 0.25) is 0 Å². The molecule has 1 radical (unpaired) electrons. The van der Waals surface area contributed by atoms with Crippen LogP contribution in [0.3, 0.4) is 0 Å². The Kier molecular flexibility index (Phi) is 2.50. The second-order valence-corrected chi connectivity index (χ2v) is 3.27. The van der Waals surface area contributed by atoms with Gasteiger partial charge in [0.1, 0.15) is 5.65 Å². The van der Waals surface area contributed by atoms with Crippen molar-refractivity contribution in [2.24, 2.45) is 0 Å². The molecular weight excluding hydrogens is 368 g/mol. The molecule has 15 heavy (non-hydrogen) atoms. The van der Waals surface area contributed by atoms with Gasteiger partial charge in [-0.1, -0.05) is 23.6 Å². The van der Waals surface area contributed by atoms with Crippen LogP contribution in [0.1, 0.15) is 5.56 Å². The second-order valence-electron chi connectivity index (χ2n) is 3.27. The molecule has 0 saturated carbocycles. The topological polar surface area (TPSA) is 43.1 Å². The van der Waals surface area contributed by atoms with Crippen molar-refractivity contribution in [3.8, 4) is 0 Å². The van der Waals surface area contributed by atoms with Crippen LogP contribution in [0.5, 0.6) is 0 Å². The van der Waals surface area contributed by atoms with Crippen LogP contribution in [0, 0.1) is 13.0 Å².